The number of quaternary nitrogens is 1. The molecule has 1 aromatic carbocycles. The molecule has 0 radical (unpaired) electrons. The summed E-state index contributed by atoms with van der Waals surface area (Å²) in [7, 11) is 1.62. The molecule has 21 heavy (non-hydrogen) atoms. The zero-order chi connectivity index (χ0) is 15.2. The lowest BCUT2D eigenvalue weighted by Gasteiger charge is -2.30. The Morgan fingerprint density at radius 3 is 2.62 bits per heavy atom. The van der Waals surface area contributed by atoms with Crippen molar-refractivity contribution in [2.75, 3.05) is 7.11 Å². The standard InChI is InChI=1S/C16H23NO4/c1-11-15(19-2)14(21-12-7-4-3-5-8-12)10-6-9-13(17)16(18)20-11/h3-5,7-8,11,13-15H,6,9-10,17H2,1-2H3/p+1/t11-,13-,14-,15-/m0/s1. The van der Waals surface area contributed by atoms with Gasteiger partial charge in [-0.2, -0.15) is 0 Å². The summed E-state index contributed by atoms with van der Waals surface area (Å²) in [6, 6.07) is 9.33. The first-order valence-corrected chi connectivity index (χ1v) is 7.40. The Balaban J connectivity index is 2.14. The van der Waals surface area contributed by atoms with Gasteiger partial charge in [-0.25, -0.2) is 4.79 Å². The zero-order valence-electron chi connectivity index (χ0n) is 12.7. The molecule has 0 bridgehead atoms. The molecular weight excluding hydrogens is 270 g/mol. The van der Waals surface area contributed by atoms with Crippen molar-refractivity contribution in [2.45, 2.75) is 50.5 Å². The van der Waals surface area contributed by atoms with Crippen molar-refractivity contribution in [3.8, 4) is 5.75 Å². The van der Waals surface area contributed by atoms with E-state index in [-0.39, 0.29) is 30.3 Å². The summed E-state index contributed by atoms with van der Waals surface area (Å²) in [6.45, 7) is 1.84. The molecule has 0 spiro atoms. The van der Waals surface area contributed by atoms with E-state index in [1.807, 2.05) is 37.3 Å². The molecule has 116 valence electrons. The van der Waals surface area contributed by atoms with Crippen LogP contribution in [-0.4, -0.2) is 37.4 Å². The monoisotopic (exact) mass is 294 g/mol. The van der Waals surface area contributed by atoms with E-state index in [2.05, 4.69) is 5.73 Å². The number of ether oxygens (including phenoxy) is 3. The Kier molecular flexibility index (Phi) is 5.59. The number of carbonyl (C=O) groups excluding carboxylic acids is 1. The minimum Gasteiger partial charge on any atom is -0.488 e. The highest BCUT2D eigenvalue weighted by Crippen LogP contribution is 2.22. The molecule has 1 fully saturated rings. The van der Waals surface area contributed by atoms with E-state index in [1.165, 1.54) is 0 Å². The van der Waals surface area contributed by atoms with Gasteiger partial charge in [0.2, 0.25) is 0 Å². The number of methoxy groups -OCH3 is 1. The van der Waals surface area contributed by atoms with E-state index in [0.29, 0.717) is 6.42 Å². The number of hydrogen-bond acceptors (Lipinski definition) is 4. The minimum atomic E-state index is -0.362. The molecule has 2 rings (SSSR count). The SMILES string of the molecule is CO[C@H]1[C@H](C)OC(=O)[C@@H]([NH3+])CCC[C@@H]1Oc1ccccc1. The first kappa shape index (κ1) is 15.8. The second-order valence-electron chi connectivity index (χ2n) is 5.44. The van der Waals surface area contributed by atoms with Gasteiger partial charge in [0, 0.05) is 13.5 Å². The van der Waals surface area contributed by atoms with Gasteiger partial charge in [-0.1, -0.05) is 18.2 Å². The highest BCUT2D eigenvalue weighted by Gasteiger charge is 2.35. The summed E-state index contributed by atoms with van der Waals surface area (Å²) < 4.78 is 17.0. The van der Waals surface area contributed by atoms with Crippen LogP contribution in [0.15, 0.2) is 30.3 Å². The second kappa shape index (κ2) is 7.43. The average Bonchev–Trinajstić information content (AvgIpc) is 2.52. The first-order chi connectivity index (χ1) is 10.1. The molecule has 3 N–H and O–H groups in total. The van der Waals surface area contributed by atoms with Crippen LogP contribution in [0.1, 0.15) is 26.2 Å². The van der Waals surface area contributed by atoms with Gasteiger partial charge in [0.25, 0.3) is 0 Å². The van der Waals surface area contributed by atoms with Gasteiger partial charge < -0.3 is 19.9 Å². The molecule has 0 aromatic heterocycles. The summed E-state index contributed by atoms with van der Waals surface area (Å²) in [4.78, 5) is 11.9. The summed E-state index contributed by atoms with van der Waals surface area (Å²) in [5.74, 6) is 0.540. The number of rotatable bonds is 3. The number of hydrogen-bond donors (Lipinski definition) is 1. The lowest BCUT2D eigenvalue weighted by molar-refractivity contribution is -0.410. The molecule has 1 aliphatic heterocycles. The largest absolute Gasteiger partial charge is 0.488 e. The maximum atomic E-state index is 11.9. The van der Waals surface area contributed by atoms with Gasteiger partial charge in [0.15, 0.2) is 6.04 Å². The maximum absolute atomic E-state index is 11.9. The Labute approximate surface area is 125 Å². The lowest BCUT2D eigenvalue weighted by atomic mass is 10.0. The van der Waals surface area contributed by atoms with Crippen LogP contribution in [0, 0.1) is 0 Å². The molecule has 5 nitrogen and oxygen atoms in total. The van der Waals surface area contributed by atoms with E-state index < -0.39 is 0 Å². The molecule has 1 heterocycles. The third kappa shape index (κ3) is 4.19. The maximum Gasteiger partial charge on any atom is 0.365 e. The molecule has 0 aliphatic carbocycles. The number of cyclic esters (lactones) is 1. The molecular formula is C16H24NO4+. The van der Waals surface area contributed by atoms with Gasteiger partial charge in [-0.05, 0) is 31.9 Å². The Bertz CT molecular complexity index is 451. The van der Waals surface area contributed by atoms with E-state index >= 15 is 0 Å². The van der Waals surface area contributed by atoms with E-state index in [4.69, 9.17) is 14.2 Å². The van der Waals surface area contributed by atoms with Gasteiger partial charge in [-0.3, -0.25) is 0 Å². The molecule has 4 atom stereocenters. The molecule has 0 unspecified atom stereocenters. The van der Waals surface area contributed by atoms with Crippen LogP contribution in [0.25, 0.3) is 0 Å². The fourth-order valence-corrected chi connectivity index (χ4v) is 2.64. The number of esters is 1. The van der Waals surface area contributed by atoms with Crippen LogP contribution < -0.4 is 10.5 Å². The van der Waals surface area contributed by atoms with Crippen molar-refractivity contribution >= 4 is 5.97 Å². The Morgan fingerprint density at radius 1 is 1.24 bits per heavy atom. The number of carbonyl (C=O) groups is 1. The first-order valence-electron chi connectivity index (χ1n) is 7.40. The highest BCUT2D eigenvalue weighted by atomic mass is 16.6. The van der Waals surface area contributed by atoms with Crippen molar-refractivity contribution in [1.29, 1.82) is 0 Å². The highest BCUT2D eigenvalue weighted by molar-refractivity contribution is 5.74. The van der Waals surface area contributed by atoms with Crippen molar-refractivity contribution in [2.24, 2.45) is 0 Å². The molecule has 0 saturated carbocycles. The van der Waals surface area contributed by atoms with E-state index in [9.17, 15) is 4.79 Å². The summed E-state index contributed by atoms with van der Waals surface area (Å²) in [6.07, 6.45) is 1.56. The smallest absolute Gasteiger partial charge is 0.365 e. The quantitative estimate of drug-likeness (QED) is 0.850. The molecule has 5 heteroatoms. The van der Waals surface area contributed by atoms with Crippen LogP contribution >= 0.6 is 0 Å². The van der Waals surface area contributed by atoms with Crippen LogP contribution in [0.5, 0.6) is 5.75 Å². The average molecular weight is 294 g/mol. The summed E-state index contributed by atoms with van der Waals surface area (Å²) in [5.41, 5.74) is 3.86. The third-order valence-corrected chi connectivity index (χ3v) is 3.81. The minimum absolute atomic E-state index is 0.148. The Morgan fingerprint density at radius 2 is 1.95 bits per heavy atom. The van der Waals surface area contributed by atoms with Crippen molar-refractivity contribution < 1.29 is 24.7 Å². The molecule has 0 amide bonds. The lowest BCUT2D eigenvalue weighted by Crippen LogP contribution is -2.65. The van der Waals surface area contributed by atoms with Crippen molar-refractivity contribution in [1.82, 2.24) is 0 Å². The van der Waals surface area contributed by atoms with E-state index in [1.54, 1.807) is 7.11 Å². The van der Waals surface area contributed by atoms with Gasteiger partial charge >= 0.3 is 5.97 Å². The molecule has 1 aromatic rings. The van der Waals surface area contributed by atoms with Gasteiger partial charge in [0.05, 0.1) is 0 Å². The van der Waals surface area contributed by atoms with Crippen LogP contribution in [0.4, 0.5) is 0 Å². The molecule has 1 aliphatic rings. The third-order valence-electron chi connectivity index (χ3n) is 3.81. The zero-order valence-corrected chi connectivity index (χ0v) is 12.7. The number of para-hydroxylation sites is 1. The van der Waals surface area contributed by atoms with Crippen LogP contribution in [0.2, 0.25) is 0 Å². The molecule has 1 saturated heterocycles. The second-order valence-corrected chi connectivity index (χ2v) is 5.44. The van der Waals surface area contributed by atoms with Crippen LogP contribution in [0.3, 0.4) is 0 Å². The summed E-state index contributed by atoms with van der Waals surface area (Å²) in [5, 5.41) is 0. The predicted molar refractivity (Wildman–Crippen MR) is 77.7 cm³/mol. The summed E-state index contributed by atoms with van der Waals surface area (Å²) >= 11 is 0. The van der Waals surface area contributed by atoms with Gasteiger partial charge in [0.1, 0.15) is 24.1 Å². The topological polar surface area (TPSA) is 72.4 Å². The fraction of sp³-hybridized carbons (Fsp3) is 0.562. The van der Waals surface area contributed by atoms with Gasteiger partial charge in [-0.15, -0.1) is 0 Å². The van der Waals surface area contributed by atoms with E-state index in [0.717, 1.165) is 18.6 Å². The van der Waals surface area contributed by atoms with Crippen molar-refractivity contribution in [3.63, 3.8) is 0 Å². The normalized spacial score (nSPS) is 30.7. The predicted octanol–water partition coefficient (Wildman–Crippen LogP) is 1.18. The fourth-order valence-electron chi connectivity index (χ4n) is 2.64. The number of benzene rings is 1. The van der Waals surface area contributed by atoms with Crippen molar-refractivity contribution in [3.05, 3.63) is 30.3 Å². The van der Waals surface area contributed by atoms with Crippen LogP contribution in [-0.2, 0) is 14.3 Å². The Hall–Kier alpha value is -1.59.